The Balaban J connectivity index is 2.24. The van der Waals surface area contributed by atoms with Crippen molar-refractivity contribution in [2.24, 2.45) is 5.73 Å². The standard InChI is InChI=1S/C11H13BrN4O2S/c1-2-18-11(17)10-9(4-13)16(15-14-10)5-8-3-7(12)6-19-8/h3,6H,2,4-5,13H2,1H3. The molecule has 0 aromatic carbocycles. The molecule has 2 rings (SSSR count). The molecule has 0 unspecified atom stereocenters. The van der Waals surface area contributed by atoms with Crippen molar-refractivity contribution in [3.05, 3.63) is 32.2 Å². The lowest BCUT2D eigenvalue weighted by molar-refractivity contribution is 0.0518. The second-order valence-corrected chi connectivity index (χ2v) is 5.61. The highest BCUT2D eigenvalue weighted by Crippen LogP contribution is 2.21. The lowest BCUT2D eigenvalue weighted by Crippen LogP contribution is -2.14. The molecule has 102 valence electrons. The number of hydrogen-bond donors (Lipinski definition) is 1. The predicted octanol–water partition coefficient (Wildman–Crippen LogP) is 1.79. The third-order valence-corrected chi connectivity index (χ3v) is 4.11. The zero-order valence-electron chi connectivity index (χ0n) is 10.3. The number of nitrogens with zero attached hydrogens (tertiary/aromatic N) is 3. The van der Waals surface area contributed by atoms with Crippen LogP contribution in [0.3, 0.4) is 0 Å². The highest BCUT2D eigenvalue weighted by molar-refractivity contribution is 9.10. The van der Waals surface area contributed by atoms with E-state index in [9.17, 15) is 4.79 Å². The minimum atomic E-state index is -0.485. The van der Waals surface area contributed by atoms with Crippen molar-refractivity contribution >= 4 is 33.2 Å². The van der Waals surface area contributed by atoms with Crippen LogP contribution in [-0.2, 0) is 17.8 Å². The average Bonchev–Trinajstić information content (AvgIpc) is 2.96. The van der Waals surface area contributed by atoms with Gasteiger partial charge in [0.05, 0.1) is 18.8 Å². The fraction of sp³-hybridized carbons (Fsp3) is 0.364. The summed E-state index contributed by atoms with van der Waals surface area (Å²) in [5.41, 5.74) is 6.45. The Morgan fingerprint density at radius 3 is 3.00 bits per heavy atom. The van der Waals surface area contributed by atoms with Crippen LogP contribution in [0.15, 0.2) is 15.9 Å². The topological polar surface area (TPSA) is 83.0 Å². The van der Waals surface area contributed by atoms with Gasteiger partial charge in [-0.05, 0) is 28.9 Å². The number of nitrogens with two attached hydrogens (primary N) is 1. The highest BCUT2D eigenvalue weighted by Gasteiger charge is 2.19. The number of carbonyl (C=O) groups excluding carboxylic acids is 1. The van der Waals surface area contributed by atoms with E-state index in [0.29, 0.717) is 18.8 Å². The third kappa shape index (κ3) is 3.20. The molecule has 8 heteroatoms. The van der Waals surface area contributed by atoms with Gasteiger partial charge in [-0.3, -0.25) is 0 Å². The van der Waals surface area contributed by atoms with Gasteiger partial charge >= 0.3 is 5.97 Å². The van der Waals surface area contributed by atoms with Crippen molar-refractivity contribution in [2.75, 3.05) is 6.61 Å². The maximum Gasteiger partial charge on any atom is 0.360 e. The molecule has 0 fully saturated rings. The van der Waals surface area contributed by atoms with E-state index in [1.807, 2.05) is 11.4 Å². The first-order valence-corrected chi connectivity index (χ1v) is 7.35. The van der Waals surface area contributed by atoms with Gasteiger partial charge < -0.3 is 10.5 Å². The number of rotatable bonds is 5. The van der Waals surface area contributed by atoms with Crippen molar-refractivity contribution < 1.29 is 9.53 Å². The quantitative estimate of drug-likeness (QED) is 0.836. The van der Waals surface area contributed by atoms with Gasteiger partial charge in [0.15, 0.2) is 5.69 Å². The molecule has 2 N–H and O–H groups in total. The Bertz CT molecular complexity index is 581. The Labute approximate surface area is 122 Å². The molecule has 6 nitrogen and oxygen atoms in total. The SMILES string of the molecule is CCOC(=O)c1nnn(Cc2cc(Br)cs2)c1CN. The smallest absolute Gasteiger partial charge is 0.360 e. The van der Waals surface area contributed by atoms with E-state index in [0.717, 1.165) is 9.35 Å². The predicted molar refractivity (Wildman–Crippen MR) is 75.0 cm³/mol. The zero-order chi connectivity index (χ0) is 13.8. The average molecular weight is 345 g/mol. The van der Waals surface area contributed by atoms with Gasteiger partial charge in [0.25, 0.3) is 0 Å². The summed E-state index contributed by atoms with van der Waals surface area (Å²) in [6.07, 6.45) is 0. The summed E-state index contributed by atoms with van der Waals surface area (Å²) in [7, 11) is 0. The van der Waals surface area contributed by atoms with Gasteiger partial charge in [0.2, 0.25) is 0 Å². The zero-order valence-corrected chi connectivity index (χ0v) is 12.7. The van der Waals surface area contributed by atoms with E-state index >= 15 is 0 Å². The van der Waals surface area contributed by atoms with E-state index in [-0.39, 0.29) is 12.2 Å². The summed E-state index contributed by atoms with van der Waals surface area (Å²) in [6.45, 7) is 2.77. The molecule has 0 saturated heterocycles. The van der Waals surface area contributed by atoms with Gasteiger partial charge in [0.1, 0.15) is 0 Å². The Morgan fingerprint density at radius 2 is 2.42 bits per heavy atom. The summed E-state index contributed by atoms with van der Waals surface area (Å²) in [5, 5.41) is 9.82. The molecule has 2 heterocycles. The van der Waals surface area contributed by atoms with Gasteiger partial charge in [-0.15, -0.1) is 16.4 Å². The second-order valence-electron chi connectivity index (χ2n) is 3.70. The van der Waals surface area contributed by atoms with E-state index in [4.69, 9.17) is 10.5 Å². The summed E-state index contributed by atoms with van der Waals surface area (Å²) in [6, 6.07) is 2.00. The molecule has 0 amide bonds. The maximum absolute atomic E-state index is 11.7. The van der Waals surface area contributed by atoms with Crippen LogP contribution < -0.4 is 5.73 Å². The molecule has 0 spiro atoms. The maximum atomic E-state index is 11.7. The van der Waals surface area contributed by atoms with Crippen LogP contribution >= 0.6 is 27.3 Å². The highest BCUT2D eigenvalue weighted by atomic mass is 79.9. The molecule has 0 aliphatic carbocycles. The van der Waals surface area contributed by atoms with Crippen LogP contribution in [0.25, 0.3) is 0 Å². The summed E-state index contributed by atoms with van der Waals surface area (Å²) < 4.78 is 7.57. The molecule has 0 bridgehead atoms. The Kier molecular flexibility index (Phi) is 4.67. The lowest BCUT2D eigenvalue weighted by Gasteiger charge is -2.04. The van der Waals surface area contributed by atoms with Crippen LogP contribution in [0, 0.1) is 0 Å². The third-order valence-electron chi connectivity index (χ3n) is 2.43. The summed E-state index contributed by atoms with van der Waals surface area (Å²) in [5.74, 6) is -0.485. The van der Waals surface area contributed by atoms with Crippen molar-refractivity contribution in [3.63, 3.8) is 0 Å². The minimum Gasteiger partial charge on any atom is -0.461 e. The fourth-order valence-electron chi connectivity index (χ4n) is 1.60. The lowest BCUT2D eigenvalue weighted by atomic mass is 10.3. The molecular weight excluding hydrogens is 332 g/mol. The van der Waals surface area contributed by atoms with Crippen LogP contribution in [0.5, 0.6) is 0 Å². The molecule has 0 aliphatic rings. The van der Waals surface area contributed by atoms with Crippen LogP contribution in [0.4, 0.5) is 0 Å². The molecular formula is C11H13BrN4O2S. The molecule has 0 radical (unpaired) electrons. The number of carbonyl (C=O) groups is 1. The molecule has 2 aromatic rings. The normalized spacial score (nSPS) is 10.7. The van der Waals surface area contributed by atoms with Gasteiger partial charge in [-0.25, -0.2) is 9.48 Å². The minimum absolute atomic E-state index is 0.188. The van der Waals surface area contributed by atoms with E-state index in [1.54, 1.807) is 22.9 Å². The van der Waals surface area contributed by atoms with Gasteiger partial charge in [-0.2, -0.15) is 0 Å². The number of esters is 1. The van der Waals surface area contributed by atoms with Crippen LogP contribution in [0.1, 0.15) is 28.0 Å². The van der Waals surface area contributed by atoms with Gasteiger partial charge in [0, 0.05) is 21.3 Å². The van der Waals surface area contributed by atoms with E-state index < -0.39 is 5.97 Å². The van der Waals surface area contributed by atoms with E-state index in [2.05, 4.69) is 26.2 Å². The first-order chi connectivity index (χ1) is 9.15. The van der Waals surface area contributed by atoms with Crippen LogP contribution in [-0.4, -0.2) is 27.6 Å². The largest absolute Gasteiger partial charge is 0.461 e. The van der Waals surface area contributed by atoms with E-state index in [1.165, 1.54) is 0 Å². The number of hydrogen-bond acceptors (Lipinski definition) is 6. The first-order valence-electron chi connectivity index (χ1n) is 5.68. The molecule has 0 aliphatic heterocycles. The number of thiophene rings is 1. The number of aromatic nitrogens is 3. The molecule has 0 atom stereocenters. The Hall–Kier alpha value is -1.25. The number of ether oxygens (including phenoxy) is 1. The fourth-order valence-corrected chi connectivity index (χ4v) is 3.04. The van der Waals surface area contributed by atoms with Crippen molar-refractivity contribution in [3.8, 4) is 0 Å². The van der Waals surface area contributed by atoms with Crippen molar-refractivity contribution in [1.29, 1.82) is 0 Å². The summed E-state index contributed by atoms with van der Waals surface area (Å²) >= 11 is 5.00. The Morgan fingerprint density at radius 1 is 1.63 bits per heavy atom. The van der Waals surface area contributed by atoms with Crippen molar-refractivity contribution in [2.45, 2.75) is 20.0 Å². The first kappa shape index (κ1) is 14.2. The van der Waals surface area contributed by atoms with Gasteiger partial charge in [-0.1, -0.05) is 5.21 Å². The molecule has 2 aromatic heterocycles. The molecule has 19 heavy (non-hydrogen) atoms. The monoisotopic (exact) mass is 344 g/mol. The number of halogens is 1. The van der Waals surface area contributed by atoms with Crippen molar-refractivity contribution in [1.82, 2.24) is 15.0 Å². The molecule has 0 saturated carbocycles. The second kappa shape index (κ2) is 6.27. The summed E-state index contributed by atoms with van der Waals surface area (Å²) in [4.78, 5) is 12.8. The van der Waals surface area contributed by atoms with Crippen LogP contribution in [0.2, 0.25) is 0 Å².